The Morgan fingerprint density at radius 1 is 0.824 bits per heavy atom. The lowest BCUT2D eigenvalue weighted by molar-refractivity contribution is 0.243. The van der Waals surface area contributed by atoms with Crippen LogP contribution in [0.1, 0.15) is 6.92 Å². The summed E-state index contributed by atoms with van der Waals surface area (Å²) in [7, 11) is 1.54. The highest BCUT2D eigenvalue weighted by Gasteiger charge is 2.16. The molecule has 0 amide bonds. The van der Waals surface area contributed by atoms with Gasteiger partial charge in [0.05, 0.1) is 13.7 Å². The zero-order chi connectivity index (χ0) is 24.7. The van der Waals surface area contributed by atoms with Gasteiger partial charge >= 0.3 is 0 Å². The molecule has 0 N–H and O–H groups in total. The van der Waals surface area contributed by atoms with Crippen LogP contribution in [-0.4, -0.2) is 20.3 Å². The molecule has 3 aromatic rings. The maximum Gasteiger partial charge on any atom is 0.167 e. The Bertz CT molecular complexity index is 1200. The van der Waals surface area contributed by atoms with E-state index in [1.54, 1.807) is 55.5 Å². The van der Waals surface area contributed by atoms with Crippen molar-refractivity contribution in [2.24, 2.45) is 0 Å². The molecule has 0 spiro atoms. The maximum absolute atomic E-state index is 14.9. The van der Waals surface area contributed by atoms with Crippen LogP contribution < -0.4 is 9.47 Å². The van der Waals surface area contributed by atoms with Crippen molar-refractivity contribution in [1.29, 1.82) is 0 Å². The number of allylic oxidation sites excluding steroid dienone is 1. The van der Waals surface area contributed by atoms with E-state index in [1.165, 1.54) is 19.2 Å². The van der Waals surface area contributed by atoms with Gasteiger partial charge in [0.2, 0.25) is 0 Å². The second-order valence-electron chi connectivity index (χ2n) is 7.33. The summed E-state index contributed by atoms with van der Waals surface area (Å²) in [5.41, 5.74) is 1.41. The van der Waals surface area contributed by atoms with E-state index in [0.717, 1.165) is 6.08 Å². The molecule has 34 heavy (non-hydrogen) atoms. The number of hydrogen-bond acceptors (Lipinski definition) is 3. The quantitative estimate of drug-likeness (QED) is 0.227. The van der Waals surface area contributed by atoms with Crippen molar-refractivity contribution in [1.82, 2.24) is 0 Å². The molecule has 0 aliphatic rings. The third-order valence-electron chi connectivity index (χ3n) is 5.02. The smallest absolute Gasteiger partial charge is 0.167 e. The summed E-state index contributed by atoms with van der Waals surface area (Å²) in [6.45, 7) is 9.29. The number of ether oxygens (including phenoxy) is 3. The van der Waals surface area contributed by atoms with Crippen molar-refractivity contribution in [2.45, 2.75) is 6.92 Å². The minimum atomic E-state index is -0.947. The van der Waals surface area contributed by atoms with E-state index >= 15 is 0 Å². The molecule has 0 radical (unpaired) electrons. The first kappa shape index (κ1) is 24.7. The molecule has 0 aromatic heterocycles. The van der Waals surface area contributed by atoms with E-state index in [-0.39, 0.29) is 29.1 Å². The molecule has 0 saturated heterocycles. The average Bonchev–Trinajstić information content (AvgIpc) is 2.85. The SMILES string of the molecule is C=C(/C=C(/F)C(=C)COc1ccc(-c2ccc(-c3ccc(OC)cc3)c(F)c2F)cc1)OCC. The summed E-state index contributed by atoms with van der Waals surface area (Å²) in [4.78, 5) is 0. The largest absolute Gasteiger partial charge is 0.497 e. The van der Waals surface area contributed by atoms with E-state index in [4.69, 9.17) is 14.2 Å². The Hall–Kier alpha value is -3.93. The summed E-state index contributed by atoms with van der Waals surface area (Å²) in [6, 6.07) is 16.2. The Balaban J connectivity index is 1.71. The highest BCUT2D eigenvalue weighted by molar-refractivity contribution is 5.72. The second-order valence-corrected chi connectivity index (χ2v) is 7.33. The number of rotatable bonds is 10. The van der Waals surface area contributed by atoms with Gasteiger partial charge in [0.15, 0.2) is 11.6 Å². The van der Waals surface area contributed by atoms with Crippen LogP contribution in [0.4, 0.5) is 13.2 Å². The molecule has 0 atom stereocenters. The fourth-order valence-corrected chi connectivity index (χ4v) is 3.21. The van der Waals surface area contributed by atoms with Gasteiger partial charge in [-0.05, 0) is 42.3 Å². The van der Waals surface area contributed by atoms with Crippen molar-refractivity contribution in [2.75, 3.05) is 20.3 Å². The van der Waals surface area contributed by atoms with Crippen LogP contribution in [0.15, 0.2) is 97.1 Å². The standard InChI is InChI=1S/C28H25F3O3/c1-5-33-19(3)16-26(29)18(2)17-34-23-12-8-21(9-13-23)25-15-14-24(27(30)28(25)31)20-6-10-22(32-4)11-7-20/h6-16H,2-3,5,17H2,1,4H3/b26-16+. The molecular weight excluding hydrogens is 441 g/mol. The maximum atomic E-state index is 14.9. The summed E-state index contributed by atoms with van der Waals surface area (Å²) in [5, 5.41) is 0. The lowest BCUT2D eigenvalue weighted by Gasteiger charge is -2.11. The van der Waals surface area contributed by atoms with E-state index in [2.05, 4.69) is 13.2 Å². The molecule has 0 heterocycles. The Morgan fingerprint density at radius 3 is 1.79 bits per heavy atom. The van der Waals surface area contributed by atoms with Gasteiger partial charge in [-0.3, -0.25) is 0 Å². The average molecular weight is 466 g/mol. The first-order chi connectivity index (χ1) is 16.3. The van der Waals surface area contributed by atoms with Gasteiger partial charge in [0.25, 0.3) is 0 Å². The van der Waals surface area contributed by atoms with Gasteiger partial charge in [-0.25, -0.2) is 13.2 Å². The predicted molar refractivity (Wildman–Crippen MR) is 128 cm³/mol. The zero-order valence-electron chi connectivity index (χ0n) is 19.0. The van der Waals surface area contributed by atoms with Gasteiger partial charge in [-0.1, -0.05) is 49.6 Å². The van der Waals surface area contributed by atoms with E-state index < -0.39 is 17.5 Å². The van der Waals surface area contributed by atoms with Crippen molar-refractivity contribution in [3.8, 4) is 33.8 Å². The third-order valence-corrected chi connectivity index (χ3v) is 5.02. The van der Waals surface area contributed by atoms with E-state index in [1.807, 2.05) is 0 Å². The van der Waals surface area contributed by atoms with Crippen molar-refractivity contribution < 1.29 is 27.4 Å². The van der Waals surface area contributed by atoms with Crippen LogP contribution in [0.2, 0.25) is 0 Å². The van der Waals surface area contributed by atoms with Crippen LogP contribution in [-0.2, 0) is 4.74 Å². The first-order valence-corrected chi connectivity index (χ1v) is 10.6. The van der Waals surface area contributed by atoms with Gasteiger partial charge in [0, 0.05) is 22.8 Å². The van der Waals surface area contributed by atoms with Crippen molar-refractivity contribution >= 4 is 0 Å². The Labute approximate surface area is 197 Å². The summed E-state index contributed by atoms with van der Waals surface area (Å²) in [5.74, 6) is -1.23. The molecule has 176 valence electrons. The minimum Gasteiger partial charge on any atom is -0.497 e. The van der Waals surface area contributed by atoms with E-state index in [9.17, 15) is 13.2 Å². The minimum absolute atomic E-state index is 0.0966. The summed E-state index contributed by atoms with van der Waals surface area (Å²) in [6.07, 6.45) is 1.14. The second kappa shape index (κ2) is 11.3. The normalized spacial score (nSPS) is 11.1. The molecular formula is C28H25F3O3. The first-order valence-electron chi connectivity index (χ1n) is 10.6. The molecule has 0 bridgehead atoms. The molecule has 3 rings (SSSR count). The molecule has 3 aromatic carbocycles. The fourth-order valence-electron chi connectivity index (χ4n) is 3.21. The van der Waals surface area contributed by atoms with Gasteiger partial charge in [-0.15, -0.1) is 0 Å². The lowest BCUT2D eigenvalue weighted by atomic mass is 9.98. The number of halogens is 3. The monoisotopic (exact) mass is 466 g/mol. The topological polar surface area (TPSA) is 27.7 Å². The molecule has 0 aliphatic heterocycles. The zero-order valence-corrected chi connectivity index (χ0v) is 19.0. The molecule has 6 heteroatoms. The molecule has 0 saturated carbocycles. The molecule has 3 nitrogen and oxygen atoms in total. The molecule has 0 fully saturated rings. The van der Waals surface area contributed by atoms with Crippen LogP contribution in [0.5, 0.6) is 11.5 Å². The van der Waals surface area contributed by atoms with Crippen molar-refractivity contribution in [3.05, 3.63) is 109 Å². The van der Waals surface area contributed by atoms with Crippen molar-refractivity contribution in [3.63, 3.8) is 0 Å². The summed E-state index contributed by atoms with van der Waals surface area (Å²) >= 11 is 0. The highest BCUT2D eigenvalue weighted by atomic mass is 19.2. The Morgan fingerprint density at radius 2 is 1.32 bits per heavy atom. The number of methoxy groups -OCH3 is 1. The van der Waals surface area contributed by atoms with Crippen LogP contribution in [0.3, 0.4) is 0 Å². The Kier molecular flexibility index (Phi) is 8.19. The highest BCUT2D eigenvalue weighted by Crippen LogP contribution is 2.33. The van der Waals surface area contributed by atoms with Gasteiger partial charge < -0.3 is 14.2 Å². The van der Waals surface area contributed by atoms with Crippen LogP contribution in [0, 0.1) is 11.6 Å². The predicted octanol–water partition coefficient (Wildman–Crippen LogP) is 7.65. The third kappa shape index (κ3) is 5.90. The number of hydrogen-bond donors (Lipinski definition) is 0. The molecule has 0 aliphatic carbocycles. The summed E-state index contributed by atoms with van der Waals surface area (Å²) < 4.78 is 59.5. The van der Waals surface area contributed by atoms with E-state index in [0.29, 0.717) is 29.2 Å². The van der Waals surface area contributed by atoms with Crippen LogP contribution >= 0.6 is 0 Å². The lowest BCUT2D eigenvalue weighted by Crippen LogP contribution is -2.01. The molecule has 0 unspecified atom stereocenters. The van der Waals surface area contributed by atoms with Gasteiger partial charge in [-0.2, -0.15) is 0 Å². The fraction of sp³-hybridized carbons (Fsp3) is 0.143. The number of benzene rings is 3. The van der Waals surface area contributed by atoms with Gasteiger partial charge in [0.1, 0.15) is 29.7 Å². The van der Waals surface area contributed by atoms with Crippen LogP contribution in [0.25, 0.3) is 22.3 Å².